The van der Waals surface area contributed by atoms with Gasteiger partial charge < -0.3 is 22.1 Å². The highest BCUT2D eigenvalue weighted by molar-refractivity contribution is 7.80. The fraction of sp³-hybridized carbons (Fsp3) is 0.333. The normalized spacial score (nSPS) is 13.3. The lowest BCUT2D eigenvalue weighted by atomic mass is 10.1. The molecule has 0 amide bonds. The minimum absolute atomic E-state index is 0. The first-order valence-corrected chi connectivity index (χ1v) is 8.08. The molecule has 144 valence electrons. The van der Waals surface area contributed by atoms with Gasteiger partial charge in [-0.05, 0) is 31.0 Å². The lowest BCUT2D eigenvalue weighted by molar-refractivity contribution is 0.483. The molecule has 4 rings (SSSR count). The van der Waals surface area contributed by atoms with Crippen LogP contribution in [0.5, 0.6) is 0 Å². The molecule has 7 nitrogen and oxygen atoms in total. The molecule has 26 heavy (non-hydrogen) atoms. The van der Waals surface area contributed by atoms with Gasteiger partial charge in [-0.25, -0.2) is 0 Å². The molecule has 0 aliphatic heterocycles. The van der Waals surface area contributed by atoms with E-state index in [1.54, 1.807) is 6.20 Å². The van der Waals surface area contributed by atoms with Crippen LogP contribution in [0.15, 0.2) is 46.2 Å². The number of fused-ring (bicyclic) bond motifs is 1. The van der Waals surface area contributed by atoms with Gasteiger partial charge in [-0.1, -0.05) is 32.4 Å². The quantitative estimate of drug-likeness (QED) is 0.587. The Kier molecular flexibility index (Phi) is 8.75. The number of benzene rings is 1. The third-order valence-corrected chi connectivity index (χ3v) is 4.74. The maximum absolute atomic E-state index is 12.3. The van der Waals surface area contributed by atoms with Crippen molar-refractivity contribution in [1.82, 2.24) is 20.9 Å². The number of hydrogen-bond donors (Lipinski definition) is 3. The van der Waals surface area contributed by atoms with E-state index in [1.807, 2.05) is 30.3 Å². The molecular formula is C18H28N4O3S. The molecule has 3 aromatic rings. The maximum atomic E-state index is 12.3. The third kappa shape index (κ3) is 3.99. The number of aromatic amines is 1. The second-order valence-corrected chi connectivity index (χ2v) is 6.36. The van der Waals surface area contributed by atoms with Crippen molar-refractivity contribution in [2.75, 3.05) is 0 Å². The highest BCUT2D eigenvalue weighted by Crippen LogP contribution is 2.34. The van der Waals surface area contributed by atoms with Crippen LogP contribution < -0.4 is 11.7 Å². The van der Waals surface area contributed by atoms with Crippen molar-refractivity contribution in [1.29, 1.82) is 0 Å². The molecule has 0 atom stereocenters. The van der Waals surface area contributed by atoms with Crippen LogP contribution in [0.3, 0.4) is 0 Å². The van der Waals surface area contributed by atoms with Gasteiger partial charge in [0.1, 0.15) is 5.69 Å². The minimum Gasteiger partial charge on any atom is -0.412 e. The Morgan fingerprint density at radius 1 is 1.08 bits per heavy atom. The Labute approximate surface area is 158 Å². The molecule has 0 bridgehead atoms. The zero-order valence-electron chi connectivity index (χ0n) is 13.8. The summed E-state index contributed by atoms with van der Waals surface area (Å²) in [7, 11) is 0. The summed E-state index contributed by atoms with van der Waals surface area (Å²) in [5, 5.41) is 5.49. The van der Waals surface area contributed by atoms with Gasteiger partial charge in [-0.3, -0.25) is 9.48 Å². The smallest absolute Gasteiger partial charge is 0.259 e. The predicted octanol–water partition coefficient (Wildman–Crippen LogP) is 2.94. The van der Waals surface area contributed by atoms with Crippen molar-refractivity contribution in [2.45, 2.75) is 44.0 Å². The van der Waals surface area contributed by atoms with Crippen LogP contribution in [0.4, 0.5) is 0 Å². The molecule has 1 aromatic carbocycles. The van der Waals surface area contributed by atoms with E-state index < -0.39 is 0 Å². The maximum Gasteiger partial charge on any atom is 0.259 e. The minimum atomic E-state index is -0.0771. The summed E-state index contributed by atoms with van der Waals surface area (Å²) >= 11 is 4.32. The number of hydrogen-bond acceptors (Lipinski definition) is 4. The van der Waals surface area contributed by atoms with Gasteiger partial charge in [-0.2, -0.15) is 5.10 Å². The summed E-state index contributed by atoms with van der Waals surface area (Å²) in [6.45, 7) is 0. The van der Waals surface area contributed by atoms with E-state index in [2.05, 4.69) is 22.3 Å². The van der Waals surface area contributed by atoms with Crippen LogP contribution in [0.2, 0.25) is 0 Å². The van der Waals surface area contributed by atoms with Crippen molar-refractivity contribution in [3.8, 4) is 11.3 Å². The molecule has 0 saturated heterocycles. The van der Waals surface area contributed by atoms with Crippen molar-refractivity contribution in [3.05, 3.63) is 46.9 Å². The number of H-pyrrole nitrogens is 1. The molecule has 1 aliphatic carbocycles. The van der Waals surface area contributed by atoms with E-state index in [9.17, 15) is 4.79 Å². The second kappa shape index (κ2) is 9.54. The molecule has 0 radical (unpaired) electrons. The summed E-state index contributed by atoms with van der Waals surface area (Å²) in [4.78, 5) is 16.0. The highest BCUT2D eigenvalue weighted by Gasteiger charge is 2.23. The van der Waals surface area contributed by atoms with Crippen molar-refractivity contribution >= 4 is 23.5 Å². The van der Waals surface area contributed by atoms with E-state index in [4.69, 9.17) is 5.10 Å². The van der Waals surface area contributed by atoms with Gasteiger partial charge in [0.25, 0.3) is 5.56 Å². The lowest BCUT2D eigenvalue weighted by Crippen LogP contribution is -2.08. The first-order chi connectivity index (χ1) is 10.7. The molecular weight excluding hydrogens is 352 g/mol. The van der Waals surface area contributed by atoms with Crippen LogP contribution in [-0.2, 0) is 0 Å². The summed E-state index contributed by atoms with van der Waals surface area (Å²) in [6, 6.07) is 10.2. The van der Waals surface area contributed by atoms with Gasteiger partial charge in [0, 0.05) is 16.7 Å². The Balaban J connectivity index is 0.00000156. The van der Waals surface area contributed by atoms with Crippen molar-refractivity contribution in [2.24, 2.45) is 0 Å². The average molecular weight is 381 g/mol. The largest absolute Gasteiger partial charge is 0.412 e. The summed E-state index contributed by atoms with van der Waals surface area (Å²) in [6.07, 6.45) is 6.45. The monoisotopic (exact) mass is 380 g/mol. The number of thiol groups is 1. The Hall–Kier alpha value is -2.13. The van der Waals surface area contributed by atoms with E-state index in [1.165, 1.54) is 12.8 Å². The standard InChI is InChI=1S/C17H17N3OS.CH4.H3N.2H2O/c21-17-15-14(9-10-18-17)20(12-3-1-2-4-12)19-16(15)11-5-7-13(22)8-6-11;;;;/h5-10,12,22H,1-4H2,(H,18,21);1H4;1H3;2*1H2. The van der Waals surface area contributed by atoms with E-state index in [0.29, 0.717) is 11.4 Å². The number of nitrogens with one attached hydrogen (secondary N) is 1. The molecule has 1 saturated carbocycles. The number of pyridine rings is 1. The van der Waals surface area contributed by atoms with Gasteiger partial charge in [0.05, 0.1) is 16.9 Å². The van der Waals surface area contributed by atoms with Crippen LogP contribution in [0, 0.1) is 0 Å². The van der Waals surface area contributed by atoms with Gasteiger partial charge in [-0.15, -0.1) is 12.6 Å². The van der Waals surface area contributed by atoms with Crippen molar-refractivity contribution in [3.63, 3.8) is 0 Å². The van der Waals surface area contributed by atoms with Crippen LogP contribution in [-0.4, -0.2) is 25.7 Å². The molecule has 0 unspecified atom stereocenters. The first kappa shape index (κ1) is 23.9. The van der Waals surface area contributed by atoms with Crippen LogP contribution in [0.1, 0.15) is 39.2 Å². The summed E-state index contributed by atoms with van der Waals surface area (Å²) < 4.78 is 2.06. The van der Waals surface area contributed by atoms with Crippen LogP contribution >= 0.6 is 12.6 Å². The van der Waals surface area contributed by atoms with E-state index in [0.717, 1.165) is 34.5 Å². The van der Waals surface area contributed by atoms with Gasteiger partial charge >= 0.3 is 0 Å². The molecule has 2 aromatic heterocycles. The Morgan fingerprint density at radius 2 is 1.69 bits per heavy atom. The highest BCUT2D eigenvalue weighted by atomic mass is 32.1. The number of nitrogens with zero attached hydrogens (tertiary/aromatic N) is 2. The Morgan fingerprint density at radius 3 is 2.31 bits per heavy atom. The van der Waals surface area contributed by atoms with E-state index >= 15 is 0 Å². The Bertz CT molecular complexity index is 884. The lowest BCUT2D eigenvalue weighted by Gasteiger charge is -2.10. The number of rotatable bonds is 2. The predicted molar refractivity (Wildman–Crippen MR) is 110 cm³/mol. The molecule has 1 fully saturated rings. The molecule has 8 heteroatoms. The summed E-state index contributed by atoms with van der Waals surface area (Å²) in [5.74, 6) is 0. The van der Waals surface area contributed by atoms with Crippen LogP contribution in [0.25, 0.3) is 22.2 Å². The SMILES string of the molecule is C.N.O.O.O=c1[nH]ccc2c1c(-c1ccc(S)cc1)nn2C1CCCC1. The molecule has 1 aliphatic rings. The summed E-state index contributed by atoms with van der Waals surface area (Å²) in [5.41, 5.74) is 2.57. The molecule has 0 spiro atoms. The molecule has 8 N–H and O–H groups in total. The average Bonchev–Trinajstić information content (AvgIpc) is 3.15. The number of aromatic nitrogens is 3. The third-order valence-electron chi connectivity index (χ3n) is 4.44. The van der Waals surface area contributed by atoms with Crippen molar-refractivity contribution < 1.29 is 11.0 Å². The topological polar surface area (TPSA) is 149 Å². The van der Waals surface area contributed by atoms with Gasteiger partial charge in [0.2, 0.25) is 0 Å². The zero-order valence-corrected chi connectivity index (χ0v) is 14.7. The molecule has 2 heterocycles. The van der Waals surface area contributed by atoms with E-state index in [-0.39, 0.29) is 30.1 Å². The fourth-order valence-corrected chi connectivity index (χ4v) is 3.50. The fourth-order valence-electron chi connectivity index (χ4n) is 3.35. The first-order valence-electron chi connectivity index (χ1n) is 7.63. The van der Waals surface area contributed by atoms with Gasteiger partial charge in [0.15, 0.2) is 0 Å². The zero-order chi connectivity index (χ0) is 15.1. The second-order valence-electron chi connectivity index (χ2n) is 5.85.